The fraction of sp³-hybridized carbons (Fsp3) is 0.182. The van der Waals surface area contributed by atoms with Gasteiger partial charge in [0.05, 0.1) is 10.4 Å². The van der Waals surface area contributed by atoms with Crippen LogP contribution >= 0.6 is 34.9 Å². The molecule has 2 aromatic rings. The third-order valence-corrected chi connectivity index (χ3v) is 4.88. The summed E-state index contributed by atoms with van der Waals surface area (Å²) in [7, 11) is 0. The van der Waals surface area contributed by atoms with Crippen molar-refractivity contribution < 1.29 is 0 Å². The van der Waals surface area contributed by atoms with E-state index in [2.05, 4.69) is 35.5 Å². The molecule has 0 amide bonds. The number of thiazole rings is 1. The van der Waals surface area contributed by atoms with Crippen LogP contribution in [0.1, 0.15) is 5.56 Å². The lowest BCUT2D eigenvalue weighted by Gasteiger charge is -2.00. The van der Waals surface area contributed by atoms with Gasteiger partial charge in [-0.15, -0.1) is 23.5 Å². The van der Waals surface area contributed by atoms with Crippen LogP contribution in [0.15, 0.2) is 39.6 Å². The zero-order valence-electron chi connectivity index (χ0n) is 8.84. The van der Waals surface area contributed by atoms with Gasteiger partial charge in [0.25, 0.3) is 0 Å². The van der Waals surface area contributed by atoms with E-state index in [4.69, 9.17) is 5.73 Å². The molecule has 84 valence electrons. The summed E-state index contributed by atoms with van der Waals surface area (Å²) in [5, 5.41) is 0.639. The summed E-state index contributed by atoms with van der Waals surface area (Å²) in [6.45, 7) is 0. The van der Waals surface area contributed by atoms with Crippen molar-refractivity contribution in [2.45, 2.75) is 14.9 Å². The average Bonchev–Trinajstić information content (AvgIpc) is 2.73. The third kappa shape index (κ3) is 3.17. The highest BCUT2D eigenvalue weighted by Crippen LogP contribution is 2.29. The van der Waals surface area contributed by atoms with Crippen LogP contribution in [0, 0.1) is 0 Å². The summed E-state index contributed by atoms with van der Waals surface area (Å²) < 4.78 is 1.17. The molecule has 1 heterocycles. The minimum atomic E-state index is 0.639. The molecule has 0 aliphatic heterocycles. The van der Waals surface area contributed by atoms with E-state index in [1.807, 2.05) is 6.20 Å². The van der Waals surface area contributed by atoms with Crippen molar-refractivity contribution in [3.8, 4) is 0 Å². The van der Waals surface area contributed by atoms with Crippen LogP contribution in [0.25, 0.3) is 0 Å². The molecule has 1 aromatic heterocycles. The Morgan fingerprint density at radius 1 is 1.31 bits per heavy atom. The van der Waals surface area contributed by atoms with Crippen LogP contribution in [0.2, 0.25) is 0 Å². The molecule has 0 saturated heterocycles. The van der Waals surface area contributed by atoms with Crippen molar-refractivity contribution in [3.05, 3.63) is 36.0 Å². The number of rotatable bonds is 4. The van der Waals surface area contributed by atoms with Crippen molar-refractivity contribution in [2.24, 2.45) is 0 Å². The van der Waals surface area contributed by atoms with E-state index in [-0.39, 0.29) is 0 Å². The molecule has 0 saturated carbocycles. The highest BCUT2D eigenvalue weighted by Gasteiger charge is 2.00. The topological polar surface area (TPSA) is 38.9 Å². The lowest BCUT2D eigenvalue weighted by molar-refractivity contribution is 1.34. The van der Waals surface area contributed by atoms with E-state index in [9.17, 15) is 0 Å². The fourth-order valence-electron chi connectivity index (χ4n) is 1.22. The van der Waals surface area contributed by atoms with Gasteiger partial charge < -0.3 is 5.73 Å². The Bertz CT molecular complexity index is 451. The number of nitrogens with two attached hydrogens (primary N) is 1. The number of nitrogen functional groups attached to an aromatic ring is 1. The standard InChI is InChI=1S/C11H12N2S3/c1-14-9-4-2-8(3-5-9)7-15-10-6-13-11(12)16-10/h2-6H,7H2,1H3,(H2,12,13). The van der Waals surface area contributed by atoms with Crippen LogP contribution < -0.4 is 5.73 Å². The molecule has 0 radical (unpaired) electrons. The summed E-state index contributed by atoms with van der Waals surface area (Å²) in [5.41, 5.74) is 6.91. The Morgan fingerprint density at radius 3 is 2.62 bits per heavy atom. The maximum atomic E-state index is 5.58. The quantitative estimate of drug-likeness (QED) is 0.857. The van der Waals surface area contributed by atoms with Gasteiger partial charge in [0.15, 0.2) is 5.13 Å². The second kappa shape index (κ2) is 5.61. The summed E-state index contributed by atoms with van der Waals surface area (Å²) in [4.78, 5) is 5.33. The second-order valence-corrected chi connectivity index (χ2v) is 6.37. The Labute approximate surface area is 108 Å². The van der Waals surface area contributed by atoms with Gasteiger partial charge in [0.2, 0.25) is 0 Å². The average molecular weight is 268 g/mol. The SMILES string of the molecule is CSc1ccc(CSc2cnc(N)s2)cc1. The molecular weight excluding hydrogens is 256 g/mol. The number of benzene rings is 1. The molecule has 16 heavy (non-hydrogen) atoms. The van der Waals surface area contributed by atoms with Crippen molar-refractivity contribution in [1.82, 2.24) is 4.98 Å². The van der Waals surface area contributed by atoms with Crippen LogP contribution in [0.3, 0.4) is 0 Å². The van der Waals surface area contributed by atoms with E-state index in [1.165, 1.54) is 14.7 Å². The highest BCUT2D eigenvalue weighted by molar-refractivity contribution is 8.00. The predicted molar refractivity (Wildman–Crippen MR) is 74.3 cm³/mol. The van der Waals surface area contributed by atoms with Gasteiger partial charge in [-0.05, 0) is 24.0 Å². The van der Waals surface area contributed by atoms with Gasteiger partial charge in [0.1, 0.15) is 0 Å². The Morgan fingerprint density at radius 2 is 2.06 bits per heavy atom. The summed E-state index contributed by atoms with van der Waals surface area (Å²) >= 11 is 5.08. The van der Waals surface area contributed by atoms with E-state index < -0.39 is 0 Å². The lowest BCUT2D eigenvalue weighted by Crippen LogP contribution is -1.79. The first-order valence-electron chi connectivity index (χ1n) is 4.75. The molecule has 0 unspecified atom stereocenters. The molecule has 0 spiro atoms. The van der Waals surface area contributed by atoms with E-state index >= 15 is 0 Å². The number of nitrogens with zero attached hydrogens (tertiary/aromatic N) is 1. The summed E-state index contributed by atoms with van der Waals surface area (Å²) in [6, 6.07) is 8.65. The van der Waals surface area contributed by atoms with Gasteiger partial charge in [-0.2, -0.15) is 0 Å². The number of thioether (sulfide) groups is 2. The van der Waals surface area contributed by atoms with Crippen molar-refractivity contribution in [1.29, 1.82) is 0 Å². The highest BCUT2D eigenvalue weighted by atomic mass is 32.2. The zero-order valence-corrected chi connectivity index (χ0v) is 11.3. The van der Waals surface area contributed by atoms with Crippen molar-refractivity contribution in [2.75, 3.05) is 12.0 Å². The molecule has 0 bridgehead atoms. The first-order chi connectivity index (χ1) is 7.78. The largest absolute Gasteiger partial charge is 0.375 e. The molecule has 2 rings (SSSR count). The minimum Gasteiger partial charge on any atom is -0.375 e. The van der Waals surface area contributed by atoms with Gasteiger partial charge in [-0.3, -0.25) is 0 Å². The second-order valence-electron chi connectivity index (χ2n) is 3.15. The van der Waals surface area contributed by atoms with E-state index in [0.717, 1.165) is 5.75 Å². The molecular formula is C11H12N2S3. The molecule has 0 atom stereocenters. The lowest BCUT2D eigenvalue weighted by atomic mass is 10.2. The smallest absolute Gasteiger partial charge is 0.181 e. The van der Waals surface area contributed by atoms with Crippen LogP contribution in [-0.2, 0) is 5.75 Å². The fourth-order valence-corrected chi connectivity index (χ4v) is 3.34. The maximum Gasteiger partial charge on any atom is 0.181 e. The number of hydrogen-bond donors (Lipinski definition) is 1. The molecule has 0 fully saturated rings. The predicted octanol–water partition coefficient (Wildman–Crippen LogP) is 3.74. The molecule has 0 aliphatic rings. The number of anilines is 1. The van der Waals surface area contributed by atoms with E-state index in [0.29, 0.717) is 5.13 Å². The molecule has 5 heteroatoms. The Hall–Kier alpha value is -0.650. The molecule has 0 aliphatic carbocycles. The van der Waals surface area contributed by atoms with Crippen molar-refractivity contribution in [3.63, 3.8) is 0 Å². The first-order valence-corrected chi connectivity index (χ1v) is 7.77. The van der Waals surface area contributed by atoms with Gasteiger partial charge in [0, 0.05) is 10.6 Å². The first kappa shape index (κ1) is 11.8. The number of aromatic nitrogens is 1. The Balaban J connectivity index is 1.94. The monoisotopic (exact) mass is 268 g/mol. The van der Waals surface area contributed by atoms with Crippen LogP contribution in [-0.4, -0.2) is 11.2 Å². The summed E-state index contributed by atoms with van der Waals surface area (Å²) in [6.07, 6.45) is 3.92. The number of hydrogen-bond acceptors (Lipinski definition) is 5. The molecule has 2 N–H and O–H groups in total. The zero-order chi connectivity index (χ0) is 11.4. The van der Waals surface area contributed by atoms with Crippen LogP contribution in [0.4, 0.5) is 5.13 Å². The van der Waals surface area contributed by atoms with Crippen molar-refractivity contribution >= 4 is 40.0 Å². The minimum absolute atomic E-state index is 0.639. The molecule has 2 nitrogen and oxygen atoms in total. The maximum absolute atomic E-state index is 5.58. The molecule has 1 aromatic carbocycles. The Kier molecular flexibility index (Phi) is 4.15. The third-order valence-electron chi connectivity index (χ3n) is 2.04. The van der Waals surface area contributed by atoms with Gasteiger partial charge >= 0.3 is 0 Å². The van der Waals surface area contributed by atoms with Gasteiger partial charge in [-0.25, -0.2) is 4.98 Å². The van der Waals surface area contributed by atoms with E-state index in [1.54, 1.807) is 34.9 Å². The van der Waals surface area contributed by atoms with Gasteiger partial charge in [-0.1, -0.05) is 23.5 Å². The summed E-state index contributed by atoms with van der Waals surface area (Å²) in [5.74, 6) is 0.969. The van der Waals surface area contributed by atoms with Crippen LogP contribution in [0.5, 0.6) is 0 Å². The normalized spacial score (nSPS) is 10.6.